The number of sulfonamides is 1. The molecule has 0 fully saturated rings. The number of aliphatic imine (C=N–C) groups is 1. The van der Waals surface area contributed by atoms with Gasteiger partial charge in [-0.05, 0) is 40.1 Å². The number of methoxy groups -OCH3 is 1. The maximum absolute atomic E-state index is 12.3. The van der Waals surface area contributed by atoms with Crippen LogP contribution in [0.25, 0.3) is 0 Å². The van der Waals surface area contributed by atoms with E-state index in [4.69, 9.17) is 4.74 Å². The normalized spacial score (nSPS) is 12.2. The van der Waals surface area contributed by atoms with Crippen molar-refractivity contribution < 1.29 is 13.2 Å². The van der Waals surface area contributed by atoms with Gasteiger partial charge in [-0.2, -0.15) is 11.3 Å². The van der Waals surface area contributed by atoms with Crippen LogP contribution in [-0.4, -0.2) is 53.6 Å². The van der Waals surface area contributed by atoms with E-state index < -0.39 is 10.0 Å². The van der Waals surface area contributed by atoms with Crippen LogP contribution in [0.5, 0.6) is 0 Å². The minimum atomic E-state index is -3.55. The number of rotatable bonds is 9. The first kappa shape index (κ1) is 21.4. The second-order valence-corrected chi connectivity index (χ2v) is 8.47. The Balaban J connectivity index is 1.98. The van der Waals surface area contributed by atoms with Crippen LogP contribution < -0.4 is 10.0 Å². The van der Waals surface area contributed by atoms with Crippen LogP contribution in [0.3, 0.4) is 0 Å². The minimum Gasteiger partial charge on any atom is -0.383 e. The topological polar surface area (TPSA) is 83.0 Å². The van der Waals surface area contributed by atoms with Gasteiger partial charge in [-0.15, -0.1) is 0 Å². The molecule has 9 heteroatoms. The Bertz CT molecular complexity index is 836. The van der Waals surface area contributed by atoms with Crippen molar-refractivity contribution in [1.82, 2.24) is 14.9 Å². The Hall–Kier alpha value is -1.94. The van der Waals surface area contributed by atoms with Gasteiger partial charge in [0, 0.05) is 40.8 Å². The number of thiophene rings is 1. The smallest absolute Gasteiger partial charge is 0.240 e. The molecule has 0 bridgehead atoms. The molecular formula is C18H26N4O3S2. The van der Waals surface area contributed by atoms with Crippen LogP contribution in [0.1, 0.15) is 11.1 Å². The van der Waals surface area contributed by atoms with Crippen LogP contribution in [0.2, 0.25) is 0 Å². The fraction of sp³-hybridized carbons (Fsp3) is 0.389. The average Bonchev–Trinajstić information content (AvgIpc) is 3.15. The fourth-order valence-electron chi connectivity index (χ4n) is 2.48. The van der Waals surface area contributed by atoms with Gasteiger partial charge in [0.1, 0.15) is 0 Å². The Morgan fingerprint density at radius 3 is 2.78 bits per heavy atom. The van der Waals surface area contributed by atoms with Crippen molar-refractivity contribution in [2.75, 3.05) is 34.4 Å². The number of guanidine groups is 1. The van der Waals surface area contributed by atoms with Crippen molar-refractivity contribution in [2.24, 2.45) is 4.99 Å². The van der Waals surface area contributed by atoms with Crippen molar-refractivity contribution in [1.29, 1.82) is 0 Å². The molecule has 27 heavy (non-hydrogen) atoms. The SMILES string of the molecule is CN=C(NCc1cccc(S(=O)(=O)NCCOC)c1)N(C)Cc1ccsc1. The molecule has 0 saturated heterocycles. The molecule has 7 nitrogen and oxygen atoms in total. The van der Waals surface area contributed by atoms with Crippen molar-refractivity contribution >= 4 is 27.3 Å². The summed E-state index contributed by atoms with van der Waals surface area (Å²) in [4.78, 5) is 6.55. The molecule has 0 aliphatic rings. The number of hydrogen-bond acceptors (Lipinski definition) is 5. The third-order valence-electron chi connectivity index (χ3n) is 3.83. The van der Waals surface area contributed by atoms with Gasteiger partial charge in [-0.3, -0.25) is 4.99 Å². The zero-order valence-electron chi connectivity index (χ0n) is 15.8. The predicted octanol–water partition coefficient (Wildman–Crippen LogP) is 1.88. The van der Waals surface area contributed by atoms with Crippen molar-refractivity contribution in [2.45, 2.75) is 18.0 Å². The highest BCUT2D eigenvalue weighted by molar-refractivity contribution is 7.89. The maximum Gasteiger partial charge on any atom is 0.240 e. The highest BCUT2D eigenvalue weighted by Crippen LogP contribution is 2.12. The largest absolute Gasteiger partial charge is 0.383 e. The van der Waals surface area contributed by atoms with E-state index in [9.17, 15) is 8.42 Å². The Labute approximate surface area is 165 Å². The van der Waals surface area contributed by atoms with Crippen LogP contribution in [0.4, 0.5) is 0 Å². The second-order valence-electron chi connectivity index (χ2n) is 5.93. The van der Waals surface area contributed by atoms with Gasteiger partial charge >= 0.3 is 0 Å². The third kappa shape index (κ3) is 6.62. The van der Waals surface area contributed by atoms with Crippen LogP contribution in [0, 0.1) is 0 Å². The zero-order chi connectivity index (χ0) is 19.7. The van der Waals surface area contributed by atoms with E-state index in [0.717, 1.165) is 18.1 Å². The number of ether oxygens (including phenoxy) is 1. The summed E-state index contributed by atoms with van der Waals surface area (Å²) in [7, 11) is 1.68. The maximum atomic E-state index is 12.3. The molecule has 2 rings (SSSR count). The van der Waals surface area contributed by atoms with E-state index in [2.05, 4.69) is 26.5 Å². The van der Waals surface area contributed by atoms with Crippen LogP contribution in [-0.2, 0) is 27.8 Å². The quantitative estimate of drug-likeness (QED) is 0.375. The number of nitrogens with one attached hydrogen (secondary N) is 2. The van der Waals surface area contributed by atoms with E-state index in [1.54, 1.807) is 36.6 Å². The molecule has 1 aromatic heterocycles. The summed E-state index contributed by atoms with van der Waals surface area (Å²) in [5.41, 5.74) is 2.08. The lowest BCUT2D eigenvalue weighted by atomic mass is 10.2. The van der Waals surface area contributed by atoms with Crippen molar-refractivity contribution in [3.05, 3.63) is 52.2 Å². The van der Waals surface area contributed by atoms with E-state index in [1.165, 1.54) is 12.7 Å². The van der Waals surface area contributed by atoms with Crippen LogP contribution in [0.15, 0.2) is 51.0 Å². The number of hydrogen-bond donors (Lipinski definition) is 2. The summed E-state index contributed by atoms with van der Waals surface area (Å²) in [6, 6.07) is 8.94. The Kier molecular flexibility index (Phi) is 8.23. The van der Waals surface area contributed by atoms with Gasteiger partial charge in [-0.25, -0.2) is 13.1 Å². The summed E-state index contributed by atoms with van der Waals surface area (Å²) in [5, 5.41) is 7.43. The fourth-order valence-corrected chi connectivity index (χ4v) is 4.22. The van der Waals surface area contributed by atoms with E-state index in [1.807, 2.05) is 23.4 Å². The molecule has 0 aliphatic carbocycles. The summed E-state index contributed by atoms with van der Waals surface area (Å²) in [6.45, 7) is 1.79. The highest BCUT2D eigenvalue weighted by Gasteiger charge is 2.14. The monoisotopic (exact) mass is 410 g/mol. The minimum absolute atomic E-state index is 0.236. The lowest BCUT2D eigenvalue weighted by molar-refractivity contribution is 0.204. The first-order valence-corrected chi connectivity index (χ1v) is 10.9. The third-order valence-corrected chi connectivity index (χ3v) is 6.02. The first-order chi connectivity index (χ1) is 13.0. The molecule has 0 amide bonds. The Morgan fingerprint density at radius 2 is 2.11 bits per heavy atom. The van der Waals surface area contributed by atoms with Gasteiger partial charge < -0.3 is 15.0 Å². The lowest BCUT2D eigenvalue weighted by Crippen LogP contribution is -2.38. The number of benzene rings is 1. The molecule has 0 aliphatic heterocycles. The number of nitrogens with zero attached hydrogens (tertiary/aromatic N) is 2. The van der Waals surface area contributed by atoms with Gasteiger partial charge in [0.25, 0.3) is 0 Å². The predicted molar refractivity (Wildman–Crippen MR) is 109 cm³/mol. The lowest BCUT2D eigenvalue weighted by Gasteiger charge is -2.21. The molecule has 0 saturated carbocycles. The molecule has 1 aromatic carbocycles. The van der Waals surface area contributed by atoms with Gasteiger partial charge in [0.05, 0.1) is 11.5 Å². The van der Waals surface area contributed by atoms with Crippen LogP contribution >= 0.6 is 11.3 Å². The molecule has 1 heterocycles. The molecule has 0 unspecified atom stereocenters. The molecule has 0 spiro atoms. The van der Waals surface area contributed by atoms with E-state index in [-0.39, 0.29) is 11.4 Å². The summed E-state index contributed by atoms with van der Waals surface area (Å²) < 4.78 is 32.0. The summed E-state index contributed by atoms with van der Waals surface area (Å²) in [6.07, 6.45) is 0. The summed E-state index contributed by atoms with van der Waals surface area (Å²) in [5.74, 6) is 0.743. The Morgan fingerprint density at radius 1 is 1.30 bits per heavy atom. The molecule has 0 radical (unpaired) electrons. The first-order valence-electron chi connectivity index (χ1n) is 8.46. The molecular weight excluding hydrogens is 384 g/mol. The average molecular weight is 411 g/mol. The van der Waals surface area contributed by atoms with Gasteiger partial charge in [-0.1, -0.05) is 12.1 Å². The summed E-state index contributed by atoms with van der Waals surface area (Å²) >= 11 is 1.66. The molecule has 2 aromatic rings. The molecule has 2 N–H and O–H groups in total. The van der Waals surface area contributed by atoms with E-state index in [0.29, 0.717) is 13.2 Å². The highest BCUT2D eigenvalue weighted by atomic mass is 32.2. The van der Waals surface area contributed by atoms with Crippen molar-refractivity contribution in [3.63, 3.8) is 0 Å². The van der Waals surface area contributed by atoms with Crippen molar-refractivity contribution in [3.8, 4) is 0 Å². The zero-order valence-corrected chi connectivity index (χ0v) is 17.4. The molecule has 148 valence electrons. The standard InChI is InChI=1S/C18H26N4O3S2/c1-19-18(22(2)13-16-7-10-26-14-16)20-12-15-5-4-6-17(11-15)27(23,24)21-8-9-25-3/h4-7,10-11,14,21H,8-9,12-13H2,1-3H3,(H,19,20). The van der Waals surface area contributed by atoms with Gasteiger partial charge in [0.2, 0.25) is 10.0 Å². The van der Waals surface area contributed by atoms with E-state index >= 15 is 0 Å². The molecule has 0 atom stereocenters. The van der Waals surface area contributed by atoms with Gasteiger partial charge in [0.15, 0.2) is 5.96 Å². The second kappa shape index (κ2) is 10.4.